The molecule has 2 N–H and O–H groups in total. The van der Waals surface area contributed by atoms with Gasteiger partial charge in [-0.25, -0.2) is 4.79 Å². The van der Waals surface area contributed by atoms with Crippen LogP contribution in [0.3, 0.4) is 0 Å². The Morgan fingerprint density at radius 3 is 2.62 bits per heavy atom. The molecule has 0 radical (unpaired) electrons. The maximum atomic E-state index is 12.2. The molecule has 0 aliphatic heterocycles. The Bertz CT molecular complexity index is 553. The van der Waals surface area contributed by atoms with Crippen LogP contribution in [0.1, 0.15) is 32.3 Å². The van der Waals surface area contributed by atoms with Crippen LogP contribution in [0.2, 0.25) is 0 Å². The highest BCUT2D eigenvalue weighted by Gasteiger charge is 2.49. The van der Waals surface area contributed by atoms with E-state index in [9.17, 15) is 14.7 Å². The predicted molar refractivity (Wildman–Crippen MR) is 78.2 cm³/mol. The Morgan fingerprint density at radius 2 is 2.10 bits per heavy atom. The van der Waals surface area contributed by atoms with Crippen LogP contribution in [0, 0.1) is 12.8 Å². The predicted octanol–water partition coefficient (Wildman–Crippen LogP) is 2.13. The van der Waals surface area contributed by atoms with E-state index in [1.165, 1.54) is 0 Å². The third-order valence-electron chi connectivity index (χ3n) is 3.89. The molecule has 2 unspecified atom stereocenters. The average molecular weight is 291 g/mol. The van der Waals surface area contributed by atoms with Crippen molar-refractivity contribution in [1.29, 1.82) is 0 Å². The van der Waals surface area contributed by atoms with E-state index >= 15 is 0 Å². The fourth-order valence-corrected chi connectivity index (χ4v) is 2.29. The third kappa shape index (κ3) is 3.54. The summed E-state index contributed by atoms with van der Waals surface area (Å²) in [5.74, 6) is -0.805. The van der Waals surface area contributed by atoms with Crippen molar-refractivity contribution in [2.45, 2.75) is 45.3 Å². The van der Waals surface area contributed by atoms with Gasteiger partial charge in [-0.1, -0.05) is 12.1 Å². The van der Waals surface area contributed by atoms with Crippen molar-refractivity contribution in [2.24, 2.45) is 5.92 Å². The van der Waals surface area contributed by atoms with Crippen molar-refractivity contribution in [3.05, 3.63) is 29.8 Å². The van der Waals surface area contributed by atoms with Gasteiger partial charge in [0.25, 0.3) is 5.91 Å². The molecule has 5 heteroatoms. The minimum Gasteiger partial charge on any atom is -0.481 e. The molecule has 2 rings (SSSR count). The molecule has 1 aliphatic carbocycles. The number of hydrogen-bond acceptors (Lipinski definition) is 3. The van der Waals surface area contributed by atoms with Gasteiger partial charge in [-0.2, -0.15) is 0 Å². The van der Waals surface area contributed by atoms with Crippen molar-refractivity contribution in [1.82, 2.24) is 5.32 Å². The Hall–Kier alpha value is -2.04. The van der Waals surface area contributed by atoms with Gasteiger partial charge >= 0.3 is 5.97 Å². The molecule has 1 fully saturated rings. The van der Waals surface area contributed by atoms with Gasteiger partial charge in [0, 0.05) is 0 Å². The molecular weight excluding hydrogens is 270 g/mol. The van der Waals surface area contributed by atoms with Gasteiger partial charge in [-0.3, -0.25) is 4.79 Å². The number of nitrogens with one attached hydrogen (secondary N) is 1. The van der Waals surface area contributed by atoms with Crippen molar-refractivity contribution >= 4 is 11.9 Å². The molecule has 0 saturated heterocycles. The van der Waals surface area contributed by atoms with E-state index in [2.05, 4.69) is 5.32 Å². The molecule has 0 bridgehead atoms. The molecule has 0 heterocycles. The summed E-state index contributed by atoms with van der Waals surface area (Å²) >= 11 is 0. The van der Waals surface area contributed by atoms with Crippen molar-refractivity contribution in [3.8, 4) is 5.75 Å². The molecule has 114 valence electrons. The largest absolute Gasteiger partial charge is 0.481 e. The number of benzene rings is 1. The lowest BCUT2D eigenvalue weighted by Crippen LogP contribution is -2.56. The molecule has 21 heavy (non-hydrogen) atoms. The maximum Gasteiger partial charge on any atom is 0.329 e. The van der Waals surface area contributed by atoms with Crippen molar-refractivity contribution in [2.75, 3.05) is 0 Å². The monoisotopic (exact) mass is 291 g/mol. The number of carboxylic acids is 1. The highest BCUT2D eigenvalue weighted by Crippen LogP contribution is 2.39. The number of carboxylic acid groups (broad SMARTS) is 1. The molecule has 5 nitrogen and oxygen atoms in total. The summed E-state index contributed by atoms with van der Waals surface area (Å²) in [6, 6.07) is 7.39. The Kier molecular flexibility index (Phi) is 4.21. The van der Waals surface area contributed by atoms with E-state index in [0.717, 1.165) is 18.4 Å². The van der Waals surface area contributed by atoms with E-state index in [1.54, 1.807) is 19.9 Å². The fourth-order valence-electron chi connectivity index (χ4n) is 2.29. The lowest BCUT2D eigenvalue weighted by atomic mass is 9.95. The van der Waals surface area contributed by atoms with Crippen LogP contribution in [0.4, 0.5) is 0 Å². The van der Waals surface area contributed by atoms with Crippen LogP contribution < -0.4 is 10.1 Å². The summed E-state index contributed by atoms with van der Waals surface area (Å²) in [7, 11) is 0. The Balaban J connectivity index is 2.00. The third-order valence-corrected chi connectivity index (χ3v) is 3.89. The molecule has 1 aromatic rings. The quantitative estimate of drug-likeness (QED) is 0.842. The summed E-state index contributed by atoms with van der Waals surface area (Å²) in [6.07, 6.45) is 0.913. The summed E-state index contributed by atoms with van der Waals surface area (Å²) in [5.41, 5.74) is -0.171. The van der Waals surface area contributed by atoms with Crippen LogP contribution in [-0.4, -0.2) is 28.6 Å². The van der Waals surface area contributed by atoms with E-state index in [4.69, 9.17) is 4.74 Å². The molecule has 1 saturated carbocycles. The van der Waals surface area contributed by atoms with Crippen molar-refractivity contribution in [3.63, 3.8) is 0 Å². The summed E-state index contributed by atoms with van der Waals surface area (Å²) in [5, 5.41) is 12.0. The second-order valence-corrected chi connectivity index (χ2v) is 5.85. The normalized spacial score (nSPS) is 18.4. The lowest BCUT2D eigenvalue weighted by Gasteiger charge is -2.27. The van der Waals surface area contributed by atoms with Crippen LogP contribution in [-0.2, 0) is 9.59 Å². The number of rotatable bonds is 6. The van der Waals surface area contributed by atoms with Crippen LogP contribution in [0.15, 0.2) is 24.3 Å². The Morgan fingerprint density at radius 1 is 1.43 bits per heavy atom. The number of carbonyl (C=O) groups is 2. The van der Waals surface area contributed by atoms with Gasteiger partial charge in [-0.15, -0.1) is 0 Å². The summed E-state index contributed by atoms with van der Waals surface area (Å²) in [6.45, 7) is 5.11. The SMILES string of the molecule is Cc1cccc(OC(C)C(=O)NC(C)(C(=O)O)C2CC2)c1. The molecule has 2 atom stereocenters. The molecule has 1 aromatic carbocycles. The van der Waals surface area contributed by atoms with Crippen LogP contribution in [0.25, 0.3) is 0 Å². The molecule has 0 spiro atoms. The van der Waals surface area contributed by atoms with Crippen molar-refractivity contribution < 1.29 is 19.4 Å². The van der Waals surface area contributed by atoms with Crippen LogP contribution >= 0.6 is 0 Å². The minimum atomic E-state index is -1.21. The van der Waals surface area contributed by atoms with Gasteiger partial charge in [0.1, 0.15) is 11.3 Å². The van der Waals surface area contributed by atoms with Gasteiger partial charge < -0.3 is 15.2 Å². The smallest absolute Gasteiger partial charge is 0.329 e. The number of carbonyl (C=O) groups excluding carboxylic acids is 1. The van der Waals surface area contributed by atoms with Crippen LogP contribution in [0.5, 0.6) is 5.75 Å². The highest BCUT2D eigenvalue weighted by atomic mass is 16.5. The zero-order valence-electron chi connectivity index (χ0n) is 12.6. The van der Waals surface area contributed by atoms with E-state index < -0.39 is 23.5 Å². The molecular formula is C16H21NO4. The zero-order chi connectivity index (χ0) is 15.6. The molecule has 1 amide bonds. The first-order chi connectivity index (χ1) is 9.83. The van der Waals surface area contributed by atoms with E-state index in [0.29, 0.717) is 5.75 Å². The maximum absolute atomic E-state index is 12.2. The lowest BCUT2D eigenvalue weighted by molar-refractivity contribution is -0.149. The first-order valence-electron chi connectivity index (χ1n) is 7.11. The number of aryl methyl sites for hydroxylation is 1. The van der Waals surface area contributed by atoms with Gasteiger partial charge in [0.2, 0.25) is 0 Å². The van der Waals surface area contributed by atoms with Gasteiger partial charge in [0.15, 0.2) is 6.10 Å². The number of aliphatic carboxylic acids is 1. The van der Waals surface area contributed by atoms with E-state index in [-0.39, 0.29) is 5.92 Å². The molecule has 0 aromatic heterocycles. The fraction of sp³-hybridized carbons (Fsp3) is 0.500. The average Bonchev–Trinajstić information content (AvgIpc) is 3.22. The first kappa shape index (κ1) is 15.4. The van der Waals surface area contributed by atoms with E-state index in [1.807, 2.05) is 25.1 Å². The number of amides is 1. The second-order valence-electron chi connectivity index (χ2n) is 5.85. The first-order valence-corrected chi connectivity index (χ1v) is 7.11. The van der Waals surface area contributed by atoms with Gasteiger partial charge in [0.05, 0.1) is 0 Å². The summed E-state index contributed by atoms with van der Waals surface area (Å²) in [4.78, 5) is 23.6. The number of hydrogen-bond donors (Lipinski definition) is 2. The Labute approximate surface area is 124 Å². The zero-order valence-corrected chi connectivity index (χ0v) is 12.6. The minimum absolute atomic E-state index is 0.00474. The second kappa shape index (κ2) is 5.76. The highest BCUT2D eigenvalue weighted by molar-refractivity contribution is 5.89. The van der Waals surface area contributed by atoms with Gasteiger partial charge in [-0.05, 0) is 57.2 Å². The standard InChI is InChI=1S/C16H21NO4/c1-10-5-4-6-13(9-10)21-11(2)14(18)17-16(3,15(19)20)12-7-8-12/h4-6,9,11-12H,7-8H2,1-3H3,(H,17,18)(H,19,20). The number of ether oxygens (including phenoxy) is 1. The topological polar surface area (TPSA) is 75.6 Å². The molecule has 1 aliphatic rings. The summed E-state index contributed by atoms with van der Waals surface area (Å²) < 4.78 is 5.58.